The summed E-state index contributed by atoms with van der Waals surface area (Å²) in [4.78, 5) is 11.5. The smallest absolute Gasteiger partial charge is 0.323 e. The zero-order chi connectivity index (χ0) is 11.3. The van der Waals surface area contributed by atoms with E-state index < -0.39 is 0 Å². The second-order valence-electron chi connectivity index (χ2n) is 4.45. The van der Waals surface area contributed by atoms with Crippen LogP contribution in [0.2, 0.25) is 0 Å². The van der Waals surface area contributed by atoms with E-state index in [4.69, 9.17) is 4.74 Å². The molecule has 4 heteroatoms. The van der Waals surface area contributed by atoms with Crippen LogP contribution in [0.4, 0.5) is 0 Å². The molecule has 0 aliphatic heterocycles. The summed E-state index contributed by atoms with van der Waals surface area (Å²) in [5.41, 5.74) is 0. The fraction of sp³-hybridized carbons (Fsp3) is 0.909. The molecule has 0 radical (unpaired) electrons. The fourth-order valence-corrected chi connectivity index (χ4v) is 2.36. The molecule has 0 aromatic rings. The van der Waals surface area contributed by atoms with Crippen molar-refractivity contribution in [3.8, 4) is 0 Å². The van der Waals surface area contributed by atoms with Gasteiger partial charge >= 0.3 is 5.97 Å². The Balaban J connectivity index is 2.24. The molecule has 1 N–H and O–H groups in total. The number of hydrogen-bond donors (Lipinski definition) is 1. The molecule has 0 saturated heterocycles. The molecule has 1 rings (SSSR count). The minimum absolute atomic E-state index is 0.119. The molecule has 1 atom stereocenters. The van der Waals surface area contributed by atoms with Crippen molar-refractivity contribution >= 4 is 17.7 Å². The van der Waals surface area contributed by atoms with Crippen molar-refractivity contribution in [2.24, 2.45) is 5.92 Å². The van der Waals surface area contributed by atoms with Gasteiger partial charge in [-0.2, -0.15) is 11.8 Å². The molecule has 0 bridgehead atoms. The van der Waals surface area contributed by atoms with Gasteiger partial charge in [-0.25, -0.2) is 0 Å². The molecular formula is C11H21NO2S. The zero-order valence-corrected chi connectivity index (χ0v) is 10.6. The first kappa shape index (κ1) is 12.8. The highest BCUT2D eigenvalue weighted by atomic mass is 32.2. The van der Waals surface area contributed by atoms with Gasteiger partial charge in [0.05, 0.1) is 7.11 Å². The lowest BCUT2D eigenvalue weighted by Gasteiger charge is -2.16. The van der Waals surface area contributed by atoms with Crippen LogP contribution in [0.25, 0.3) is 0 Å². The average molecular weight is 231 g/mol. The first-order chi connectivity index (χ1) is 7.13. The van der Waals surface area contributed by atoms with Crippen LogP contribution < -0.4 is 5.32 Å². The molecule has 0 spiro atoms. The third-order valence-electron chi connectivity index (χ3n) is 2.24. The number of nitrogens with one attached hydrogen (secondary N) is 1. The third kappa shape index (κ3) is 5.42. The van der Waals surface area contributed by atoms with Crippen LogP contribution in [0.5, 0.6) is 0 Å². The Bertz CT molecular complexity index is 205. The number of thioether (sulfide) groups is 1. The van der Waals surface area contributed by atoms with E-state index in [1.807, 2.05) is 11.8 Å². The van der Waals surface area contributed by atoms with Crippen LogP contribution in [0, 0.1) is 5.92 Å². The van der Waals surface area contributed by atoms with Gasteiger partial charge in [-0.3, -0.25) is 4.79 Å². The molecule has 1 aliphatic rings. The SMILES string of the molecule is COC(=O)C(CSCC(C)C)NC1CC1. The molecule has 88 valence electrons. The van der Waals surface area contributed by atoms with E-state index >= 15 is 0 Å². The Morgan fingerprint density at radius 2 is 2.13 bits per heavy atom. The van der Waals surface area contributed by atoms with E-state index in [-0.39, 0.29) is 12.0 Å². The average Bonchev–Trinajstić information content (AvgIpc) is 2.98. The van der Waals surface area contributed by atoms with Crippen molar-refractivity contribution < 1.29 is 9.53 Å². The highest BCUT2D eigenvalue weighted by Gasteiger charge is 2.28. The van der Waals surface area contributed by atoms with Crippen LogP contribution in [0.15, 0.2) is 0 Å². The zero-order valence-electron chi connectivity index (χ0n) is 9.79. The van der Waals surface area contributed by atoms with Crippen molar-refractivity contribution in [3.63, 3.8) is 0 Å². The summed E-state index contributed by atoms with van der Waals surface area (Å²) in [6.07, 6.45) is 2.39. The lowest BCUT2D eigenvalue weighted by atomic mass is 10.3. The van der Waals surface area contributed by atoms with E-state index in [2.05, 4.69) is 19.2 Å². The number of carbonyl (C=O) groups is 1. The van der Waals surface area contributed by atoms with Crippen molar-refractivity contribution in [3.05, 3.63) is 0 Å². The predicted octanol–water partition coefficient (Wildman–Crippen LogP) is 1.67. The lowest BCUT2D eigenvalue weighted by Crippen LogP contribution is -2.41. The highest BCUT2D eigenvalue weighted by Crippen LogP contribution is 2.20. The molecule has 3 nitrogen and oxygen atoms in total. The van der Waals surface area contributed by atoms with Gasteiger partial charge in [0.2, 0.25) is 0 Å². The summed E-state index contributed by atoms with van der Waals surface area (Å²) >= 11 is 1.82. The monoisotopic (exact) mass is 231 g/mol. The molecule has 0 heterocycles. The minimum atomic E-state index is -0.127. The molecular weight excluding hydrogens is 210 g/mol. The highest BCUT2D eigenvalue weighted by molar-refractivity contribution is 7.99. The Morgan fingerprint density at radius 3 is 2.60 bits per heavy atom. The largest absolute Gasteiger partial charge is 0.468 e. The van der Waals surface area contributed by atoms with E-state index in [1.54, 1.807) is 0 Å². The topological polar surface area (TPSA) is 38.3 Å². The summed E-state index contributed by atoms with van der Waals surface area (Å²) in [6.45, 7) is 4.38. The standard InChI is InChI=1S/C11H21NO2S/c1-8(2)6-15-7-10(11(13)14-3)12-9-4-5-9/h8-10,12H,4-7H2,1-3H3. The van der Waals surface area contributed by atoms with Crippen molar-refractivity contribution in [1.82, 2.24) is 5.32 Å². The maximum Gasteiger partial charge on any atom is 0.323 e. The number of methoxy groups -OCH3 is 1. The van der Waals surface area contributed by atoms with Crippen molar-refractivity contribution in [1.29, 1.82) is 0 Å². The number of carbonyl (C=O) groups excluding carboxylic acids is 1. The van der Waals surface area contributed by atoms with Gasteiger partial charge in [0.15, 0.2) is 0 Å². The van der Waals surface area contributed by atoms with Crippen molar-refractivity contribution in [2.45, 2.75) is 38.8 Å². The van der Waals surface area contributed by atoms with Gasteiger partial charge in [-0.05, 0) is 24.5 Å². The normalized spacial score (nSPS) is 17.9. The Labute approximate surface area is 96.3 Å². The maximum absolute atomic E-state index is 11.5. The Kier molecular flexibility index (Phi) is 5.47. The summed E-state index contributed by atoms with van der Waals surface area (Å²) in [6, 6.07) is 0.431. The predicted molar refractivity (Wildman–Crippen MR) is 64.1 cm³/mol. The second-order valence-corrected chi connectivity index (χ2v) is 5.52. The first-order valence-corrected chi connectivity index (χ1v) is 6.70. The van der Waals surface area contributed by atoms with Gasteiger partial charge in [0.25, 0.3) is 0 Å². The molecule has 0 amide bonds. The molecule has 0 aromatic carbocycles. The summed E-state index contributed by atoms with van der Waals surface area (Å²) in [5, 5.41) is 3.32. The van der Waals surface area contributed by atoms with E-state index in [1.165, 1.54) is 20.0 Å². The molecule has 15 heavy (non-hydrogen) atoms. The fourth-order valence-electron chi connectivity index (χ4n) is 1.28. The van der Waals surface area contributed by atoms with Crippen LogP contribution >= 0.6 is 11.8 Å². The van der Waals surface area contributed by atoms with E-state index in [9.17, 15) is 4.79 Å². The number of ether oxygens (including phenoxy) is 1. The maximum atomic E-state index is 11.5. The van der Waals surface area contributed by atoms with E-state index in [0.29, 0.717) is 12.0 Å². The van der Waals surface area contributed by atoms with Gasteiger partial charge in [0, 0.05) is 11.8 Å². The van der Waals surface area contributed by atoms with Gasteiger partial charge in [0.1, 0.15) is 6.04 Å². The summed E-state index contributed by atoms with van der Waals surface area (Å²) in [5.74, 6) is 2.47. The number of rotatable bonds is 7. The van der Waals surface area contributed by atoms with Gasteiger partial charge in [-0.15, -0.1) is 0 Å². The first-order valence-electron chi connectivity index (χ1n) is 5.55. The van der Waals surface area contributed by atoms with Crippen LogP contribution in [0.3, 0.4) is 0 Å². The van der Waals surface area contributed by atoms with E-state index in [0.717, 1.165) is 11.5 Å². The Morgan fingerprint density at radius 1 is 1.47 bits per heavy atom. The molecule has 1 aliphatic carbocycles. The molecule has 1 fully saturated rings. The molecule has 0 aromatic heterocycles. The summed E-state index contributed by atoms with van der Waals surface area (Å²) < 4.78 is 4.78. The number of esters is 1. The van der Waals surface area contributed by atoms with Crippen LogP contribution in [-0.2, 0) is 9.53 Å². The Hall–Kier alpha value is -0.220. The minimum Gasteiger partial charge on any atom is -0.468 e. The number of hydrogen-bond acceptors (Lipinski definition) is 4. The molecule has 1 saturated carbocycles. The quantitative estimate of drug-likeness (QED) is 0.676. The van der Waals surface area contributed by atoms with Crippen LogP contribution in [0.1, 0.15) is 26.7 Å². The third-order valence-corrected chi connectivity index (χ3v) is 3.71. The van der Waals surface area contributed by atoms with Gasteiger partial charge in [-0.1, -0.05) is 13.8 Å². The van der Waals surface area contributed by atoms with Gasteiger partial charge < -0.3 is 10.1 Å². The van der Waals surface area contributed by atoms with Crippen molar-refractivity contribution in [2.75, 3.05) is 18.6 Å². The second kappa shape index (κ2) is 6.38. The lowest BCUT2D eigenvalue weighted by molar-refractivity contribution is -0.142. The molecule has 1 unspecified atom stereocenters. The summed E-state index contributed by atoms with van der Waals surface area (Å²) in [7, 11) is 1.46. The van der Waals surface area contributed by atoms with Crippen LogP contribution in [-0.4, -0.2) is 36.7 Å².